The number of hydrogen-bond acceptors (Lipinski definition) is 3. The van der Waals surface area contributed by atoms with Crippen molar-refractivity contribution in [2.75, 3.05) is 0 Å². The van der Waals surface area contributed by atoms with Gasteiger partial charge in [0, 0.05) is 18.3 Å². The highest BCUT2D eigenvalue weighted by Crippen LogP contribution is 1.99. The van der Waals surface area contributed by atoms with Crippen LogP contribution < -0.4 is 10.7 Å². The van der Waals surface area contributed by atoms with E-state index < -0.39 is 0 Å². The summed E-state index contributed by atoms with van der Waals surface area (Å²) in [5, 5.41) is 2.63. The lowest BCUT2D eigenvalue weighted by Gasteiger charge is -2.02. The van der Waals surface area contributed by atoms with E-state index >= 15 is 0 Å². The predicted octanol–water partition coefficient (Wildman–Crippen LogP) is 0.898. The predicted molar refractivity (Wildman–Crippen MR) is 56.9 cm³/mol. The maximum atomic E-state index is 11.6. The number of aromatic nitrogens is 1. The monoisotopic (exact) mass is 218 g/mol. The van der Waals surface area contributed by atoms with Gasteiger partial charge in [0.15, 0.2) is 5.43 Å². The van der Waals surface area contributed by atoms with Crippen LogP contribution in [0.1, 0.15) is 16.2 Å². The highest BCUT2D eigenvalue weighted by Gasteiger charge is 2.06. The molecule has 0 radical (unpaired) electrons. The summed E-state index contributed by atoms with van der Waals surface area (Å²) in [7, 11) is 0. The molecule has 0 aromatic carbocycles. The largest absolute Gasteiger partial charge is 0.467 e. The van der Waals surface area contributed by atoms with Gasteiger partial charge in [-0.1, -0.05) is 0 Å². The van der Waals surface area contributed by atoms with Crippen LogP contribution in [0.5, 0.6) is 0 Å². The zero-order chi connectivity index (χ0) is 11.4. The molecule has 0 unspecified atom stereocenters. The van der Waals surface area contributed by atoms with Gasteiger partial charge in [-0.3, -0.25) is 9.59 Å². The van der Waals surface area contributed by atoms with Crippen molar-refractivity contribution in [3.05, 3.63) is 58.4 Å². The maximum absolute atomic E-state index is 11.6. The first-order chi connectivity index (χ1) is 7.75. The molecule has 0 aliphatic rings. The molecular formula is C11H10N2O3. The fourth-order valence-electron chi connectivity index (χ4n) is 1.25. The van der Waals surface area contributed by atoms with Crippen molar-refractivity contribution in [2.24, 2.45) is 0 Å². The lowest BCUT2D eigenvalue weighted by molar-refractivity contribution is 0.0943. The molecular weight excluding hydrogens is 208 g/mol. The zero-order valence-electron chi connectivity index (χ0n) is 8.40. The normalized spacial score (nSPS) is 10.0. The van der Waals surface area contributed by atoms with E-state index in [2.05, 4.69) is 10.3 Å². The molecule has 2 aromatic rings. The number of carbonyl (C=O) groups excluding carboxylic acids is 1. The first-order valence-electron chi connectivity index (χ1n) is 4.75. The minimum absolute atomic E-state index is 0.207. The van der Waals surface area contributed by atoms with Gasteiger partial charge in [-0.15, -0.1) is 0 Å². The van der Waals surface area contributed by atoms with Crippen LogP contribution in [0.15, 0.2) is 45.9 Å². The summed E-state index contributed by atoms with van der Waals surface area (Å²) < 4.78 is 5.06. The van der Waals surface area contributed by atoms with Crippen LogP contribution in [0, 0.1) is 0 Å². The number of hydrogen-bond donors (Lipinski definition) is 2. The molecule has 2 aromatic heterocycles. The first-order valence-corrected chi connectivity index (χ1v) is 4.75. The van der Waals surface area contributed by atoms with E-state index in [-0.39, 0.29) is 17.0 Å². The van der Waals surface area contributed by atoms with Crippen molar-refractivity contribution in [1.29, 1.82) is 0 Å². The molecule has 0 spiro atoms. The van der Waals surface area contributed by atoms with Crippen LogP contribution in [0.4, 0.5) is 0 Å². The quantitative estimate of drug-likeness (QED) is 0.803. The van der Waals surface area contributed by atoms with Crippen LogP contribution in [0.2, 0.25) is 0 Å². The second kappa shape index (κ2) is 4.48. The molecule has 2 heterocycles. The van der Waals surface area contributed by atoms with E-state index in [1.807, 2.05) is 0 Å². The van der Waals surface area contributed by atoms with Crippen molar-refractivity contribution < 1.29 is 9.21 Å². The standard InChI is InChI=1S/C11H10N2O3/c14-8-3-4-12-10(6-8)11(15)13-7-9-2-1-5-16-9/h1-6H,7H2,(H,12,14)(H,13,15). The average molecular weight is 218 g/mol. The molecule has 2 N–H and O–H groups in total. The number of carbonyl (C=O) groups is 1. The van der Waals surface area contributed by atoms with E-state index in [9.17, 15) is 9.59 Å². The van der Waals surface area contributed by atoms with Gasteiger partial charge >= 0.3 is 0 Å². The van der Waals surface area contributed by atoms with E-state index in [1.165, 1.54) is 24.6 Å². The molecule has 0 aliphatic carbocycles. The van der Waals surface area contributed by atoms with Gasteiger partial charge in [-0.25, -0.2) is 0 Å². The Bertz CT molecular complexity index is 528. The topological polar surface area (TPSA) is 75.1 Å². The van der Waals surface area contributed by atoms with Crippen molar-refractivity contribution in [1.82, 2.24) is 10.3 Å². The van der Waals surface area contributed by atoms with E-state index in [4.69, 9.17) is 4.42 Å². The summed E-state index contributed by atoms with van der Waals surface area (Å²) in [6.45, 7) is 0.294. The number of aromatic amines is 1. The molecule has 0 saturated carbocycles. The summed E-state index contributed by atoms with van der Waals surface area (Å²) in [6.07, 6.45) is 2.97. The van der Waals surface area contributed by atoms with Gasteiger partial charge < -0.3 is 14.7 Å². The third kappa shape index (κ3) is 2.38. The molecule has 0 atom stereocenters. The van der Waals surface area contributed by atoms with E-state index in [0.29, 0.717) is 12.3 Å². The highest BCUT2D eigenvalue weighted by atomic mass is 16.3. The first kappa shape index (κ1) is 10.2. The Kier molecular flexibility index (Phi) is 2.86. The van der Waals surface area contributed by atoms with Gasteiger partial charge in [0.25, 0.3) is 5.91 Å². The summed E-state index contributed by atoms with van der Waals surface area (Å²) in [4.78, 5) is 25.3. The lowest BCUT2D eigenvalue weighted by Crippen LogP contribution is -2.24. The fourth-order valence-corrected chi connectivity index (χ4v) is 1.25. The van der Waals surface area contributed by atoms with Crippen LogP contribution in [-0.4, -0.2) is 10.9 Å². The number of nitrogens with one attached hydrogen (secondary N) is 2. The summed E-state index contributed by atoms with van der Waals surface area (Å²) in [5.74, 6) is 0.320. The average Bonchev–Trinajstić information content (AvgIpc) is 2.78. The third-order valence-corrected chi connectivity index (χ3v) is 2.02. The van der Waals surface area contributed by atoms with Crippen LogP contribution in [0.25, 0.3) is 0 Å². The molecule has 5 heteroatoms. The third-order valence-electron chi connectivity index (χ3n) is 2.02. The summed E-state index contributed by atoms with van der Waals surface area (Å²) in [5.41, 5.74) is 0.0287. The zero-order valence-corrected chi connectivity index (χ0v) is 8.40. The van der Waals surface area contributed by atoms with E-state index in [1.54, 1.807) is 12.1 Å². The highest BCUT2D eigenvalue weighted by molar-refractivity contribution is 5.92. The number of rotatable bonds is 3. The van der Waals surface area contributed by atoms with Gasteiger partial charge in [-0.2, -0.15) is 0 Å². The minimum atomic E-state index is -0.339. The van der Waals surface area contributed by atoms with Crippen LogP contribution in [0.3, 0.4) is 0 Å². The number of H-pyrrole nitrogens is 1. The van der Waals surface area contributed by atoms with Gasteiger partial charge in [-0.05, 0) is 12.1 Å². The Morgan fingerprint density at radius 1 is 1.44 bits per heavy atom. The summed E-state index contributed by atoms with van der Waals surface area (Å²) in [6, 6.07) is 6.10. The van der Waals surface area contributed by atoms with Crippen molar-refractivity contribution >= 4 is 5.91 Å². The van der Waals surface area contributed by atoms with Gasteiger partial charge in [0.2, 0.25) is 0 Å². The lowest BCUT2D eigenvalue weighted by atomic mass is 10.3. The Morgan fingerprint density at radius 2 is 2.31 bits per heavy atom. The van der Waals surface area contributed by atoms with Crippen LogP contribution >= 0.6 is 0 Å². The molecule has 5 nitrogen and oxygen atoms in total. The number of amides is 1. The second-order valence-electron chi connectivity index (χ2n) is 3.20. The SMILES string of the molecule is O=C(NCc1ccco1)c1cc(=O)cc[nH]1. The minimum Gasteiger partial charge on any atom is -0.467 e. The second-order valence-corrected chi connectivity index (χ2v) is 3.20. The van der Waals surface area contributed by atoms with E-state index in [0.717, 1.165) is 0 Å². The molecule has 1 amide bonds. The van der Waals surface area contributed by atoms with Crippen molar-refractivity contribution in [3.63, 3.8) is 0 Å². The molecule has 0 fully saturated rings. The number of furan rings is 1. The Hall–Kier alpha value is -2.30. The number of pyridine rings is 1. The van der Waals surface area contributed by atoms with Crippen molar-refractivity contribution in [3.8, 4) is 0 Å². The molecule has 16 heavy (non-hydrogen) atoms. The van der Waals surface area contributed by atoms with Crippen LogP contribution in [-0.2, 0) is 6.54 Å². The summed E-state index contributed by atoms with van der Waals surface area (Å²) >= 11 is 0. The maximum Gasteiger partial charge on any atom is 0.268 e. The fraction of sp³-hybridized carbons (Fsp3) is 0.0909. The Morgan fingerprint density at radius 3 is 3.00 bits per heavy atom. The molecule has 0 aliphatic heterocycles. The Balaban J connectivity index is 2.01. The molecule has 82 valence electrons. The van der Waals surface area contributed by atoms with Crippen molar-refractivity contribution in [2.45, 2.75) is 6.54 Å². The molecule has 0 bridgehead atoms. The molecule has 0 saturated heterocycles. The smallest absolute Gasteiger partial charge is 0.268 e. The molecule has 2 rings (SSSR count). The van der Waals surface area contributed by atoms with Gasteiger partial charge in [0.05, 0.1) is 12.8 Å². The Labute approximate surface area is 91.1 Å². The van der Waals surface area contributed by atoms with Gasteiger partial charge in [0.1, 0.15) is 11.5 Å².